The number of hydroxylamine groups is 2. The Kier molecular flexibility index (Phi) is 4.75. The maximum Gasteiger partial charge on any atom is 0.342 e. The molecule has 0 aromatic heterocycles. The Bertz CT molecular complexity index is 438. The van der Waals surface area contributed by atoms with E-state index in [0.717, 1.165) is 30.7 Å². The van der Waals surface area contributed by atoms with Gasteiger partial charge in [-0.25, -0.2) is 4.79 Å². The standard InChI is InChI=1S/C14H25N3O2S2/c1-13(2)14(3,21-12(20)16(13)4)17(19)11(18)15-10-8-6-5-7-9-10/h10,19H,5-9H2,1-4H3,(H,15,18)/t14-/m1/s1. The topological polar surface area (TPSA) is 55.8 Å². The Morgan fingerprint density at radius 2 is 1.95 bits per heavy atom. The second-order valence-electron chi connectivity index (χ2n) is 6.57. The van der Waals surface area contributed by atoms with Crippen LogP contribution < -0.4 is 5.32 Å². The number of hydrogen-bond acceptors (Lipinski definition) is 4. The fourth-order valence-electron chi connectivity index (χ4n) is 2.88. The molecule has 21 heavy (non-hydrogen) atoms. The molecule has 120 valence electrons. The molecule has 7 heteroatoms. The lowest BCUT2D eigenvalue weighted by Gasteiger charge is -2.44. The molecule has 1 saturated heterocycles. The average molecular weight is 332 g/mol. The van der Waals surface area contributed by atoms with Crippen molar-refractivity contribution in [2.24, 2.45) is 0 Å². The number of nitrogens with one attached hydrogen (secondary N) is 1. The monoisotopic (exact) mass is 331 g/mol. The number of thiocarbonyl (C=S) groups is 1. The SMILES string of the molecule is CN1C(=S)S[C@@](C)(N(O)C(=O)NC2CCCCC2)C1(C)C. The Labute approximate surface area is 136 Å². The van der Waals surface area contributed by atoms with E-state index in [-0.39, 0.29) is 6.04 Å². The molecule has 0 spiro atoms. The van der Waals surface area contributed by atoms with Gasteiger partial charge in [0.2, 0.25) is 0 Å². The van der Waals surface area contributed by atoms with E-state index in [2.05, 4.69) is 5.32 Å². The molecular formula is C14H25N3O2S2. The minimum Gasteiger partial charge on any atom is -0.352 e. The van der Waals surface area contributed by atoms with Crippen molar-refractivity contribution in [1.29, 1.82) is 0 Å². The summed E-state index contributed by atoms with van der Waals surface area (Å²) in [6.45, 7) is 5.82. The molecule has 2 N–H and O–H groups in total. The lowest BCUT2D eigenvalue weighted by Crippen LogP contribution is -2.62. The maximum atomic E-state index is 12.4. The van der Waals surface area contributed by atoms with Crippen LogP contribution in [0.25, 0.3) is 0 Å². The van der Waals surface area contributed by atoms with Crippen LogP contribution in [0.2, 0.25) is 0 Å². The molecule has 0 unspecified atom stereocenters. The van der Waals surface area contributed by atoms with E-state index >= 15 is 0 Å². The zero-order chi connectivity index (χ0) is 15.8. The quantitative estimate of drug-likeness (QED) is 0.462. The Morgan fingerprint density at radius 3 is 2.43 bits per heavy atom. The molecule has 0 radical (unpaired) electrons. The highest BCUT2D eigenvalue weighted by Crippen LogP contribution is 2.49. The lowest BCUT2D eigenvalue weighted by molar-refractivity contribution is -0.116. The molecule has 2 rings (SSSR count). The number of carbonyl (C=O) groups excluding carboxylic acids is 1. The third kappa shape index (κ3) is 2.87. The van der Waals surface area contributed by atoms with E-state index < -0.39 is 16.4 Å². The summed E-state index contributed by atoms with van der Waals surface area (Å²) in [4.78, 5) is 13.5. The van der Waals surface area contributed by atoms with Gasteiger partial charge in [0.15, 0.2) is 0 Å². The van der Waals surface area contributed by atoms with E-state index in [0.29, 0.717) is 4.32 Å². The van der Waals surface area contributed by atoms with Crippen molar-refractivity contribution in [3.63, 3.8) is 0 Å². The summed E-state index contributed by atoms with van der Waals surface area (Å²) < 4.78 is 0.687. The zero-order valence-corrected chi connectivity index (χ0v) is 14.8. The summed E-state index contributed by atoms with van der Waals surface area (Å²) in [7, 11) is 1.90. The van der Waals surface area contributed by atoms with Gasteiger partial charge in [-0.3, -0.25) is 5.21 Å². The van der Waals surface area contributed by atoms with Crippen LogP contribution in [0.5, 0.6) is 0 Å². The highest BCUT2D eigenvalue weighted by Gasteiger charge is 2.57. The molecule has 0 aromatic carbocycles. The summed E-state index contributed by atoms with van der Waals surface area (Å²) in [6, 6.07) is -0.258. The van der Waals surface area contributed by atoms with Crippen molar-refractivity contribution < 1.29 is 10.0 Å². The highest BCUT2D eigenvalue weighted by molar-refractivity contribution is 8.24. The van der Waals surface area contributed by atoms with Crippen LogP contribution in [0, 0.1) is 0 Å². The number of urea groups is 1. The molecule has 1 saturated carbocycles. The Hall–Kier alpha value is -0.530. The average Bonchev–Trinajstić information content (AvgIpc) is 2.60. The van der Waals surface area contributed by atoms with Crippen molar-refractivity contribution in [2.45, 2.75) is 69.3 Å². The molecule has 5 nitrogen and oxygen atoms in total. The number of hydrogen-bond donors (Lipinski definition) is 2. The smallest absolute Gasteiger partial charge is 0.342 e. The molecule has 0 bridgehead atoms. The number of amides is 2. The van der Waals surface area contributed by atoms with Gasteiger partial charge in [0.25, 0.3) is 0 Å². The predicted molar refractivity (Wildman–Crippen MR) is 89.5 cm³/mol. The summed E-state index contributed by atoms with van der Waals surface area (Å²) in [6.07, 6.45) is 5.49. The van der Waals surface area contributed by atoms with Crippen LogP contribution >= 0.6 is 24.0 Å². The van der Waals surface area contributed by atoms with Crippen molar-refractivity contribution in [2.75, 3.05) is 7.05 Å². The normalized spacial score (nSPS) is 29.6. The summed E-state index contributed by atoms with van der Waals surface area (Å²) in [5, 5.41) is 14.3. The molecule has 0 aromatic rings. The Morgan fingerprint density at radius 1 is 1.38 bits per heavy atom. The Balaban J connectivity index is 2.09. The summed E-state index contributed by atoms with van der Waals surface area (Å²) in [5.74, 6) is 0. The van der Waals surface area contributed by atoms with E-state index in [4.69, 9.17) is 12.2 Å². The van der Waals surface area contributed by atoms with Crippen molar-refractivity contribution in [1.82, 2.24) is 15.3 Å². The first kappa shape index (κ1) is 16.8. The maximum absolute atomic E-state index is 12.4. The first-order valence-corrected chi connectivity index (χ1v) is 8.69. The molecule has 2 amide bonds. The fraction of sp³-hybridized carbons (Fsp3) is 0.857. The van der Waals surface area contributed by atoms with Crippen LogP contribution in [-0.4, -0.2) is 49.0 Å². The molecule has 1 heterocycles. The van der Waals surface area contributed by atoms with E-state index in [9.17, 15) is 10.0 Å². The van der Waals surface area contributed by atoms with Gasteiger partial charge in [0, 0.05) is 13.1 Å². The van der Waals surface area contributed by atoms with Crippen molar-refractivity contribution in [3.05, 3.63) is 0 Å². The molecule has 2 fully saturated rings. The van der Waals surface area contributed by atoms with Gasteiger partial charge in [-0.05, 0) is 33.6 Å². The molecule has 1 aliphatic heterocycles. The highest BCUT2D eigenvalue weighted by atomic mass is 32.2. The lowest BCUT2D eigenvalue weighted by atomic mass is 9.93. The molecule has 2 aliphatic rings. The van der Waals surface area contributed by atoms with Gasteiger partial charge >= 0.3 is 6.03 Å². The third-order valence-corrected chi connectivity index (χ3v) is 7.11. The van der Waals surface area contributed by atoms with Gasteiger partial charge in [0.1, 0.15) is 9.19 Å². The number of thioether (sulfide) groups is 1. The van der Waals surface area contributed by atoms with Gasteiger partial charge in [-0.1, -0.05) is 43.2 Å². The fourth-order valence-corrected chi connectivity index (χ4v) is 4.86. The number of carbonyl (C=O) groups is 1. The second-order valence-corrected chi connectivity index (χ2v) is 8.60. The van der Waals surface area contributed by atoms with E-state index in [1.807, 2.05) is 32.7 Å². The largest absolute Gasteiger partial charge is 0.352 e. The predicted octanol–water partition coefficient (Wildman–Crippen LogP) is 3.18. The van der Waals surface area contributed by atoms with Gasteiger partial charge in [-0.2, -0.15) is 5.06 Å². The van der Waals surface area contributed by atoms with E-state index in [1.54, 1.807) is 0 Å². The van der Waals surface area contributed by atoms with Gasteiger partial charge in [-0.15, -0.1) is 0 Å². The minimum atomic E-state index is -0.808. The first-order valence-electron chi connectivity index (χ1n) is 7.46. The molecule has 1 aliphatic carbocycles. The zero-order valence-electron chi connectivity index (χ0n) is 13.2. The summed E-state index contributed by atoms with van der Waals surface area (Å²) in [5.41, 5.74) is -0.451. The van der Waals surface area contributed by atoms with Gasteiger partial charge < -0.3 is 10.2 Å². The van der Waals surface area contributed by atoms with Gasteiger partial charge in [0.05, 0.1) is 5.54 Å². The second kappa shape index (κ2) is 5.93. The van der Waals surface area contributed by atoms with Crippen LogP contribution in [-0.2, 0) is 0 Å². The summed E-state index contributed by atoms with van der Waals surface area (Å²) >= 11 is 6.68. The van der Waals surface area contributed by atoms with Crippen molar-refractivity contribution >= 4 is 34.3 Å². The van der Waals surface area contributed by atoms with E-state index in [1.165, 1.54) is 18.2 Å². The van der Waals surface area contributed by atoms with Crippen LogP contribution in [0.15, 0.2) is 0 Å². The van der Waals surface area contributed by atoms with Crippen molar-refractivity contribution in [3.8, 4) is 0 Å². The number of rotatable bonds is 2. The molecular weight excluding hydrogens is 306 g/mol. The van der Waals surface area contributed by atoms with Crippen LogP contribution in [0.4, 0.5) is 4.79 Å². The first-order chi connectivity index (χ1) is 9.70. The third-order valence-electron chi connectivity index (χ3n) is 5.06. The van der Waals surface area contributed by atoms with Crippen LogP contribution in [0.3, 0.4) is 0 Å². The van der Waals surface area contributed by atoms with Crippen LogP contribution in [0.1, 0.15) is 52.9 Å². The minimum absolute atomic E-state index is 0.170. The number of likely N-dealkylation sites (N-methyl/N-ethyl adjacent to an activating group) is 1. The number of nitrogens with zero attached hydrogens (tertiary/aromatic N) is 2. The molecule has 1 atom stereocenters.